The summed E-state index contributed by atoms with van der Waals surface area (Å²) in [4.78, 5) is 2.37. The summed E-state index contributed by atoms with van der Waals surface area (Å²) in [5.41, 5.74) is 7.20. The number of nitrogens with zero attached hydrogens (tertiary/aromatic N) is 1. The Labute approximate surface area is 121 Å². The third-order valence-electron chi connectivity index (χ3n) is 3.63. The summed E-state index contributed by atoms with van der Waals surface area (Å²) in [7, 11) is 3.38. The van der Waals surface area contributed by atoms with Crippen LogP contribution in [0.2, 0.25) is 0 Å². The van der Waals surface area contributed by atoms with Crippen molar-refractivity contribution in [2.75, 3.05) is 27.3 Å². The first-order valence-corrected chi connectivity index (χ1v) is 6.33. The van der Waals surface area contributed by atoms with Gasteiger partial charge in [0, 0.05) is 31.2 Å². The van der Waals surface area contributed by atoms with Crippen LogP contribution in [0.15, 0.2) is 18.2 Å². The zero-order valence-electron chi connectivity index (χ0n) is 11.8. The molecule has 0 aliphatic carbocycles. The molecule has 2 N–H and O–H groups in total. The summed E-state index contributed by atoms with van der Waals surface area (Å²) in [6.07, 6.45) is 0. The van der Waals surface area contributed by atoms with Gasteiger partial charge >= 0.3 is 0 Å². The predicted octanol–water partition coefficient (Wildman–Crippen LogP) is 1.90. The molecule has 0 amide bonds. The maximum absolute atomic E-state index is 6.05. The first-order chi connectivity index (χ1) is 8.63. The van der Waals surface area contributed by atoms with Gasteiger partial charge in [-0.2, -0.15) is 0 Å². The molecule has 1 aliphatic rings. The molecule has 0 bridgehead atoms. The van der Waals surface area contributed by atoms with Crippen molar-refractivity contribution >= 4 is 12.4 Å². The molecule has 2 unspecified atom stereocenters. The van der Waals surface area contributed by atoms with E-state index in [9.17, 15) is 0 Å². The van der Waals surface area contributed by atoms with Crippen LogP contribution in [0.3, 0.4) is 0 Å². The van der Waals surface area contributed by atoms with Gasteiger partial charge in [-0.1, -0.05) is 6.92 Å². The van der Waals surface area contributed by atoms with Crippen molar-refractivity contribution in [3.8, 4) is 11.5 Å². The Hall–Kier alpha value is -0.970. The lowest BCUT2D eigenvalue weighted by Crippen LogP contribution is -2.28. The van der Waals surface area contributed by atoms with Gasteiger partial charge in [0.25, 0.3) is 0 Å². The third-order valence-corrected chi connectivity index (χ3v) is 3.63. The minimum Gasteiger partial charge on any atom is -0.497 e. The van der Waals surface area contributed by atoms with E-state index in [1.807, 2.05) is 18.2 Å². The van der Waals surface area contributed by atoms with Crippen LogP contribution in [-0.2, 0) is 6.54 Å². The molecule has 19 heavy (non-hydrogen) atoms. The fourth-order valence-electron chi connectivity index (χ4n) is 2.47. The quantitative estimate of drug-likeness (QED) is 0.918. The van der Waals surface area contributed by atoms with Gasteiger partial charge in [0.2, 0.25) is 0 Å². The number of halogens is 1. The molecule has 1 heterocycles. The molecular weight excluding hydrogens is 264 g/mol. The standard InChI is InChI=1S/C14H22N2O2.ClH/c1-10-7-16(9-13(10)15)8-11-6-12(17-2)4-5-14(11)18-3;/h4-6,10,13H,7-9,15H2,1-3H3;1H. The van der Waals surface area contributed by atoms with E-state index in [0.29, 0.717) is 5.92 Å². The Morgan fingerprint density at radius 3 is 2.53 bits per heavy atom. The number of ether oxygens (including phenoxy) is 2. The second kappa shape index (κ2) is 6.98. The minimum absolute atomic E-state index is 0. The molecule has 1 aromatic rings. The highest BCUT2D eigenvalue weighted by atomic mass is 35.5. The Bertz CT molecular complexity index is 404. The lowest BCUT2D eigenvalue weighted by molar-refractivity contribution is 0.309. The molecule has 0 spiro atoms. The van der Waals surface area contributed by atoms with Crippen molar-refractivity contribution in [3.05, 3.63) is 23.8 Å². The van der Waals surface area contributed by atoms with Crippen molar-refractivity contribution in [3.63, 3.8) is 0 Å². The molecule has 2 rings (SSSR count). The van der Waals surface area contributed by atoms with E-state index < -0.39 is 0 Å². The average Bonchev–Trinajstić information content (AvgIpc) is 2.68. The lowest BCUT2D eigenvalue weighted by atomic mass is 10.1. The van der Waals surface area contributed by atoms with Crippen molar-refractivity contribution < 1.29 is 9.47 Å². The number of hydrogen-bond acceptors (Lipinski definition) is 4. The van der Waals surface area contributed by atoms with Gasteiger partial charge in [-0.05, 0) is 24.1 Å². The highest BCUT2D eigenvalue weighted by Gasteiger charge is 2.26. The fourth-order valence-corrected chi connectivity index (χ4v) is 2.47. The molecule has 1 aliphatic heterocycles. The van der Waals surface area contributed by atoms with E-state index in [4.69, 9.17) is 15.2 Å². The van der Waals surface area contributed by atoms with Crippen LogP contribution in [0.4, 0.5) is 0 Å². The Kier molecular flexibility index (Phi) is 5.91. The molecule has 1 fully saturated rings. The monoisotopic (exact) mass is 286 g/mol. The summed E-state index contributed by atoms with van der Waals surface area (Å²) in [5, 5.41) is 0. The highest BCUT2D eigenvalue weighted by Crippen LogP contribution is 2.27. The molecule has 108 valence electrons. The van der Waals surface area contributed by atoms with Crippen molar-refractivity contribution in [1.29, 1.82) is 0 Å². The Morgan fingerprint density at radius 1 is 1.26 bits per heavy atom. The summed E-state index contributed by atoms with van der Waals surface area (Å²) in [5.74, 6) is 2.33. The van der Waals surface area contributed by atoms with Crippen LogP contribution >= 0.6 is 12.4 Å². The third kappa shape index (κ3) is 3.75. The largest absolute Gasteiger partial charge is 0.497 e. The maximum atomic E-state index is 6.05. The van der Waals surface area contributed by atoms with E-state index in [1.54, 1.807) is 14.2 Å². The van der Waals surface area contributed by atoms with E-state index in [-0.39, 0.29) is 18.4 Å². The number of rotatable bonds is 4. The normalized spacial score (nSPS) is 22.9. The molecular formula is C14H23ClN2O2. The van der Waals surface area contributed by atoms with E-state index in [1.165, 1.54) is 0 Å². The zero-order chi connectivity index (χ0) is 13.1. The molecule has 0 saturated carbocycles. The van der Waals surface area contributed by atoms with Crippen LogP contribution in [-0.4, -0.2) is 38.3 Å². The number of methoxy groups -OCH3 is 2. The van der Waals surface area contributed by atoms with Gasteiger partial charge in [-0.3, -0.25) is 4.90 Å². The van der Waals surface area contributed by atoms with E-state index in [2.05, 4.69) is 11.8 Å². The van der Waals surface area contributed by atoms with E-state index >= 15 is 0 Å². The van der Waals surface area contributed by atoms with Crippen LogP contribution in [0.5, 0.6) is 11.5 Å². The fraction of sp³-hybridized carbons (Fsp3) is 0.571. The summed E-state index contributed by atoms with van der Waals surface area (Å²) in [6, 6.07) is 6.18. The van der Waals surface area contributed by atoms with Crippen molar-refractivity contribution in [2.45, 2.75) is 19.5 Å². The first-order valence-electron chi connectivity index (χ1n) is 6.33. The number of benzene rings is 1. The minimum atomic E-state index is 0. The van der Waals surface area contributed by atoms with Gasteiger partial charge < -0.3 is 15.2 Å². The zero-order valence-corrected chi connectivity index (χ0v) is 12.6. The number of likely N-dealkylation sites (tertiary alicyclic amines) is 1. The van der Waals surface area contributed by atoms with Crippen LogP contribution in [0.1, 0.15) is 12.5 Å². The average molecular weight is 287 g/mol. The van der Waals surface area contributed by atoms with Gasteiger partial charge in [-0.25, -0.2) is 0 Å². The summed E-state index contributed by atoms with van der Waals surface area (Å²) < 4.78 is 10.7. The van der Waals surface area contributed by atoms with E-state index in [0.717, 1.165) is 36.7 Å². The van der Waals surface area contributed by atoms with Crippen LogP contribution < -0.4 is 15.2 Å². The molecule has 2 atom stereocenters. The van der Waals surface area contributed by atoms with Gasteiger partial charge in [0.15, 0.2) is 0 Å². The Morgan fingerprint density at radius 2 is 2.00 bits per heavy atom. The van der Waals surface area contributed by atoms with Gasteiger partial charge in [0.05, 0.1) is 14.2 Å². The molecule has 4 nitrogen and oxygen atoms in total. The van der Waals surface area contributed by atoms with Gasteiger partial charge in [0.1, 0.15) is 11.5 Å². The second-order valence-electron chi connectivity index (χ2n) is 5.01. The van der Waals surface area contributed by atoms with Crippen LogP contribution in [0, 0.1) is 5.92 Å². The number of nitrogens with two attached hydrogens (primary N) is 1. The molecule has 0 radical (unpaired) electrons. The van der Waals surface area contributed by atoms with Gasteiger partial charge in [-0.15, -0.1) is 12.4 Å². The highest BCUT2D eigenvalue weighted by molar-refractivity contribution is 5.85. The Balaban J connectivity index is 0.00000180. The van der Waals surface area contributed by atoms with Crippen molar-refractivity contribution in [1.82, 2.24) is 4.90 Å². The maximum Gasteiger partial charge on any atom is 0.123 e. The lowest BCUT2D eigenvalue weighted by Gasteiger charge is -2.18. The SMILES string of the molecule is COc1ccc(OC)c(CN2CC(C)C(N)C2)c1.Cl. The topological polar surface area (TPSA) is 47.7 Å². The van der Waals surface area contributed by atoms with Crippen molar-refractivity contribution in [2.24, 2.45) is 11.7 Å². The smallest absolute Gasteiger partial charge is 0.123 e. The first kappa shape index (κ1) is 16.1. The molecule has 5 heteroatoms. The summed E-state index contributed by atoms with van der Waals surface area (Å²) in [6.45, 7) is 5.05. The molecule has 0 aromatic heterocycles. The molecule has 1 aromatic carbocycles. The predicted molar refractivity (Wildman–Crippen MR) is 79.2 cm³/mol. The number of hydrogen-bond donors (Lipinski definition) is 1. The van der Waals surface area contributed by atoms with Crippen LogP contribution in [0.25, 0.3) is 0 Å². The summed E-state index contributed by atoms with van der Waals surface area (Å²) >= 11 is 0. The second-order valence-corrected chi connectivity index (χ2v) is 5.01. The molecule has 1 saturated heterocycles.